The lowest BCUT2D eigenvalue weighted by Gasteiger charge is -2.20. The van der Waals surface area contributed by atoms with Crippen LogP contribution in [0.5, 0.6) is 0 Å². The van der Waals surface area contributed by atoms with Gasteiger partial charge in [0.1, 0.15) is 5.60 Å². The molecule has 0 bridgehead atoms. The van der Waals surface area contributed by atoms with E-state index >= 15 is 0 Å². The lowest BCUT2D eigenvalue weighted by molar-refractivity contribution is -0.138. The van der Waals surface area contributed by atoms with Gasteiger partial charge in [0.05, 0.1) is 23.0 Å². The van der Waals surface area contributed by atoms with E-state index in [2.05, 4.69) is 5.32 Å². The van der Waals surface area contributed by atoms with E-state index in [-0.39, 0.29) is 16.3 Å². The molecule has 0 saturated carbocycles. The molecule has 0 aliphatic carbocycles. The van der Waals surface area contributed by atoms with Crippen molar-refractivity contribution in [2.24, 2.45) is 0 Å². The Balaban J connectivity index is 2.92. The summed E-state index contributed by atoms with van der Waals surface area (Å²) in [5.74, 6) is -2.80. The number of ether oxygens (including phenoxy) is 1. The monoisotopic (exact) mass is 349 g/mol. The highest BCUT2D eigenvalue weighted by molar-refractivity contribution is 6.33. The summed E-state index contributed by atoms with van der Waals surface area (Å²) in [6.07, 6.45) is -4.29. The Morgan fingerprint density at radius 1 is 1.35 bits per heavy atom. The van der Waals surface area contributed by atoms with Crippen molar-refractivity contribution in [2.45, 2.75) is 45.1 Å². The third kappa shape index (κ3) is 6.40. The molecule has 8 heteroatoms. The molecule has 0 aliphatic rings. The van der Waals surface area contributed by atoms with Gasteiger partial charge in [0.25, 0.3) is 0 Å². The average molecular weight is 350 g/mol. The number of rotatable bonds is 5. The van der Waals surface area contributed by atoms with Gasteiger partial charge >= 0.3 is 12.1 Å². The van der Waals surface area contributed by atoms with Gasteiger partial charge in [-0.25, -0.2) is 13.6 Å². The maximum atomic E-state index is 13.0. The first kappa shape index (κ1) is 19.2. The van der Waals surface area contributed by atoms with Gasteiger partial charge < -0.3 is 9.84 Å². The van der Waals surface area contributed by atoms with E-state index in [9.17, 15) is 18.4 Å². The van der Waals surface area contributed by atoms with Crippen molar-refractivity contribution in [3.8, 4) is 0 Å². The minimum Gasteiger partial charge on any atom is -0.481 e. The van der Waals surface area contributed by atoms with Crippen molar-refractivity contribution in [3.05, 3.63) is 28.8 Å². The maximum Gasteiger partial charge on any atom is 0.412 e. The molecule has 1 amide bonds. The fraction of sp³-hybridized carbons (Fsp3) is 0.467. The number of nitrogens with one attached hydrogen (secondary N) is 1. The van der Waals surface area contributed by atoms with Crippen LogP contribution in [-0.4, -0.2) is 29.2 Å². The Hall–Kier alpha value is -1.89. The molecule has 2 N–H and O–H groups in total. The summed E-state index contributed by atoms with van der Waals surface area (Å²) in [6.45, 7) is 5.07. The number of anilines is 1. The molecule has 0 spiro atoms. The molecule has 23 heavy (non-hydrogen) atoms. The first-order chi connectivity index (χ1) is 10.5. The van der Waals surface area contributed by atoms with Gasteiger partial charge in [-0.05, 0) is 38.5 Å². The van der Waals surface area contributed by atoms with E-state index in [0.29, 0.717) is 0 Å². The van der Waals surface area contributed by atoms with Gasteiger partial charge in [-0.2, -0.15) is 0 Å². The highest BCUT2D eigenvalue weighted by Gasteiger charge is 2.26. The van der Waals surface area contributed by atoms with Crippen molar-refractivity contribution < 1.29 is 28.2 Å². The number of aliphatic carboxylic acids is 1. The first-order valence-electron chi connectivity index (χ1n) is 6.79. The van der Waals surface area contributed by atoms with Crippen molar-refractivity contribution in [1.82, 2.24) is 0 Å². The molecule has 5 nitrogen and oxygen atoms in total. The smallest absolute Gasteiger partial charge is 0.412 e. The molecule has 1 aromatic carbocycles. The van der Waals surface area contributed by atoms with Crippen molar-refractivity contribution in [1.29, 1.82) is 0 Å². The van der Waals surface area contributed by atoms with Crippen LogP contribution in [0, 0.1) is 0 Å². The molecule has 0 saturated heterocycles. The van der Waals surface area contributed by atoms with E-state index in [4.69, 9.17) is 21.4 Å². The zero-order valence-corrected chi connectivity index (χ0v) is 13.7. The van der Waals surface area contributed by atoms with Gasteiger partial charge in [0, 0.05) is 0 Å². The van der Waals surface area contributed by atoms with Crippen molar-refractivity contribution in [3.63, 3.8) is 0 Å². The summed E-state index contributed by atoms with van der Waals surface area (Å²) in [5.41, 5.74) is -0.422. The summed E-state index contributed by atoms with van der Waals surface area (Å²) in [7, 11) is 0. The van der Waals surface area contributed by atoms with Crippen LogP contribution >= 0.6 is 11.6 Å². The summed E-state index contributed by atoms with van der Waals surface area (Å²) >= 11 is 5.97. The van der Waals surface area contributed by atoms with Crippen molar-refractivity contribution in [2.75, 3.05) is 5.32 Å². The molecule has 1 unspecified atom stereocenters. The predicted octanol–water partition coefficient (Wildman–Crippen LogP) is 4.51. The number of hydrogen-bond acceptors (Lipinski definition) is 3. The van der Waals surface area contributed by atoms with Gasteiger partial charge in [0.2, 0.25) is 6.43 Å². The molecule has 1 atom stereocenters. The SMILES string of the molecule is CC(C)(C)OC(=O)Nc1ccc(C(CC(=O)O)C(F)F)cc1Cl. The van der Waals surface area contributed by atoms with E-state index in [1.807, 2.05) is 0 Å². The predicted molar refractivity (Wildman–Crippen MR) is 82.3 cm³/mol. The van der Waals surface area contributed by atoms with Crippen LogP contribution < -0.4 is 5.32 Å². The molecule has 0 heterocycles. The van der Waals surface area contributed by atoms with Crippen LogP contribution in [0.4, 0.5) is 19.3 Å². The molecular formula is C15H18ClF2NO4. The number of amides is 1. The second kappa shape index (κ2) is 7.59. The molecule has 1 rings (SSSR count). The number of alkyl halides is 2. The third-order valence-corrected chi connectivity index (χ3v) is 3.07. The number of carbonyl (C=O) groups excluding carboxylic acids is 1. The summed E-state index contributed by atoms with van der Waals surface area (Å²) < 4.78 is 31.0. The number of carbonyl (C=O) groups is 2. The summed E-state index contributed by atoms with van der Waals surface area (Å²) in [6, 6.07) is 3.85. The fourth-order valence-electron chi connectivity index (χ4n) is 1.82. The number of hydrogen-bond donors (Lipinski definition) is 2. The normalized spacial score (nSPS) is 12.8. The topological polar surface area (TPSA) is 75.6 Å². The van der Waals surface area contributed by atoms with Gasteiger partial charge in [-0.1, -0.05) is 17.7 Å². The minimum absolute atomic E-state index is 0.0180. The first-order valence-corrected chi connectivity index (χ1v) is 7.17. The van der Waals surface area contributed by atoms with E-state index in [1.54, 1.807) is 20.8 Å². The van der Waals surface area contributed by atoms with Gasteiger partial charge in [-0.3, -0.25) is 10.1 Å². The number of benzene rings is 1. The standard InChI is InChI=1S/C15H18ClF2NO4/c1-15(2,3)23-14(22)19-11-5-4-8(6-10(11)16)9(13(17)18)7-12(20)21/h4-6,9,13H,7H2,1-3H3,(H,19,22)(H,20,21). The zero-order valence-electron chi connectivity index (χ0n) is 12.9. The molecule has 0 radical (unpaired) electrons. The van der Waals surface area contributed by atoms with Crippen LogP contribution in [0.3, 0.4) is 0 Å². The van der Waals surface area contributed by atoms with Crippen LogP contribution in [0.2, 0.25) is 5.02 Å². The van der Waals surface area contributed by atoms with E-state index < -0.39 is 36.4 Å². The number of carboxylic acid groups (broad SMARTS) is 1. The molecule has 0 fully saturated rings. The third-order valence-electron chi connectivity index (χ3n) is 2.76. The fourth-order valence-corrected chi connectivity index (χ4v) is 2.05. The molecule has 0 aromatic heterocycles. The van der Waals surface area contributed by atoms with Crippen LogP contribution in [0.1, 0.15) is 38.7 Å². The quantitative estimate of drug-likeness (QED) is 0.820. The van der Waals surface area contributed by atoms with E-state index in [0.717, 1.165) is 0 Å². The Morgan fingerprint density at radius 3 is 2.39 bits per heavy atom. The lowest BCUT2D eigenvalue weighted by atomic mass is 9.96. The highest BCUT2D eigenvalue weighted by atomic mass is 35.5. The van der Waals surface area contributed by atoms with Crippen LogP contribution in [-0.2, 0) is 9.53 Å². The Bertz CT molecular complexity index is 587. The maximum absolute atomic E-state index is 13.0. The van der Waals surface area contributed by atoms with Crippen LogP contribution in [0.25, 0.3) is 0 Å². The van der Waals surface area contributed by atoms with E-state index in [1.165, 1.54) is 18.2 Å². The molecule has 128 valence electrons. The molecular weight excluding hydrogens is 332 g/mol. The second-order valence-corrected chi connectivity index (χ2v) is 6.31. The number of carboxylic acids is 1. The molecule has 1 aromatic rings. The van der Waals surface area contributed by atoms with Gasteiger partial charge in [0.15, 0.2) is 0 Å². The van der Waals surface area contributed by atoms with Crippen molar-refractivity contribution >= 4 is 29.4 Å². The second-order valence-electron chi connectivity index (χ2n) is 5.90. The Kier molecular flexibility index (Phi) is 6.32. The molecule has 0 aliphatic heterocycles. The Morgan fingerprint density at radius 2 is 1.96 bits per heavy atom. The summed E-state index contributed by atoms with van der Waals surface area (Å²) in [5, 5.41) is 11.1. The van der Waals surface area contributed by atoms with Crippen LogP contribution in [0.15, 0.2) is 18.2 Å². The number of halogens is 3. The largest absolute Gasteiger partial charge is 0.481 e. The lowest BCUT2D eigenvalue weighted by Crippen LogP contribution is -2.27. The summed E-state index contributed by atoms with van der Waals surface area (Å²) in [4.78, 5) is 22.3. The Labute approximate surface area is 137 Å². The van der Waals surface area contributed by atoms with Gasteiger partial charge in [-0.15, -0.1) is 0 Å². The zero-order chi connectivity index (χ0) is 17.8. The highest BCUT2D eigenvalue weighted by Crippen LogP contribution is 2.32. The average Bonchev–Trinajstić information content (AvgIpc) is 2.35. The minimum atomic E-state index is -2.84.